The van der Waals surface area contributed by atoms with Gasteiger partial charge >= 0.3 is 11.9 Å². The van der Waals surface area contributed by atoms with Gasteiger partial charge in [-0.05, 0) is 60.7 Å². The van der Waals surface area contributed by atoms with E-state index in [-0.39, 0.29) is 11.1 Å². The second kappa shape index (κ2) is 7.18. The lowest BCUT2D eigenvalue weighted by Crippen LogP contribution is -2.15. The average Bonchev–Trinajstić information content (AvgIpc) is 3.00. The van der Waals surface area contributed by atoms with Crippen LogP contribution in [0.5, 0.6) is 0 Å². The molecule has 1 heterocycles. The Morgan fingerprint density at radius 3 is 2.17 bits per heavy atom. The van der Waals surface area contributed by atoms with Gasteiger partial charge in [0, 0.05) is 10.4 Å². The Labute approximate surface area is 145 Å². The normalized spacial score (nSPS) is 11.0. The fourth-order valence-electron chi connectivity index (χ4n) is 2.98. The smallest absolute Gasteiger partial charge is 0.336 e. The van der Waals surface area contributed by atoms with E-state index in [0.717, 1.165) is 17.5 Å². The molecule has 0 aliphatic carbocycles. The minimum atomic E-state index is -1.09. The molecule has 4 nitrogen and oxygen atoms in total. The van der Waals surface area contributed by atoms with Crippen LogP contribution in [0.3, 0.4) is 0 Å². The molecule has 24 heavy (non-hydrogen) atoms. The van der Waals surface area contributed by atoms with Crippen molar-refractivity contribution < 1.29 is 19.8 Å². The lowest BCUT2D eigenvalue weighted by atomic mass is 9.84. The summed E-state index contributed by atoms with van der Waals surface area (Å²) < 4.78 is 0. The van der Waals surface area contributed by atoms with Gasteiger partial charge in [-0.25, -0.2) is 9.59 Å². The number of carboxylic acid groups (broad SMARTS) is 2. The molecular weight excluding hydrogens is 324 g/mol. The Kier molecular flexibility index (Phi) is 5.44. The van der Waals surface area contributed by atoms with Crippen LogP contribution in [0, 0.1) is 19.8 Å². The molecule has 0 radical (unpaired) electrons. The van der Waals surface area contributed by atoms with E-state index in [9.17, 15) is 19.8 Å². The molecular formula is C19H22O4S. The van der Waals surface area contributed by atoms with Crippen LogP contribution < -0.4 is 0 Å². The summed E-state index contributed by atoms with van der Waals surface area (Å²) in [4.78, 5) is 24.6. The fraction of sp³-hybridized carbons (Fsp3) is 0.368. The van der Waals surface area contributed by atoms with Crippen LogP contribution in [0.25, 0.3) is 10.4 Å². The van der Waals surface area contributed by atoms with Crippen molar-refractivity contribution in [2.75, 3.05) is 0 Å². The maximum atomic E-state index is 12.0. The first-order chi connectivity index (χ1) is 11.3. The van der Waals surface area contributed by atoms with Crippen LogP contribution in [0.15, 0.2) is 17.5 Å². The number of hydrogen-bond acceptors (Lipinski definition) is 3. The first-order valence-corrected chi connectivity index (χ1v) is 8.80. The van der Waals surface area contributed by atoms with Crippen LogP contribution in [0.1, 0.15) is 57.7 Å². The zero-order chi connectivity index (χ0) is 18.0. The van der Waals surface area contributed by atoms with Crippen molar-refractivity contribution in [2.24, 2.45) is 5.92 Å². The molecule has 0 atom stereocenters. The number of carboxylic acids is 2. The van der Waals surface area contributed by atoms with Crippen LogP contribution in [0.4, 0.5) is 0 Å². The van der Waals surface area contributed by atoms with Crippen molar-refractivity contribution >= 4 is 23.3 Å². The predicted molar refractivity (Wildman–Crippen MR) is 96.3 cm³/mol. The summed E-state index contributed by atoms with van der Waals surface area (Å²) in [6, 6.07) is 3.58. The maximum absolute atomic E-state index is 12.0. The average molecular weight is 346 g/mol. The van der Waals surface area contributed by atoms with Gasteiger partial charge in [0.1, 0.15) is 0 Å². The molecule has 0 amide bonds. The predicted octanol–water partition coefficient (Wildman–Crippen LogP) is 5.02. The molecule has 2 rings (SSSR count). The molecule has 0 fully saturated rings. The third-order valence-electron chi connectivity index (χ3n) is 4.36. The SMILES string of the molecule is Cc1c(C)c(C(=O)O)c(-c2cccs2)c(C(=O)O)c1CCC(C)C. The van der Waals surface area contributed by atoms with Gasteiger partial charge in [-0.3, -0.25) is 0 Å². The van der Waals surface area contributed by atoms with Crippen molar-refractivity contribution in [1.82, 2.24) is 0 Å². The van der Waals surface area contributed by atoms with Gasteiger partial charge in [-0.15, -0.1) is 11.3 Å². The third-order valence-corrected chi connectivity index (χ3v) is 5.25. The number of hydrogen-bond donors (Lipinski definition) is 2. The van der Waals surface area contributed by atoms with E-state index in [0.29, 0.717) is 28.3 Å². The van der Waals surface area contributed by atoms with Gasteiger partial charge in [-0.2, -0.15) is 0 Å². The molecule has 1 aromatic heterocycles. The van der Waals surface area contributed by atoms with E-state index < -0.39 is 11.9 Å². The number of aromatic carboxylic acids is 2. The maximum Gasteiger partial charge on any atom is 0.336 e. The highest BCUT2D eigenvalue weighted by Crippen LogP contribution is 2.38. The third kappa shape index (κ3) is 3.36. The number of rotatable bonds is 6. The van der Waals surface area contributed by atoms with Crippen LogP contribution >= 0.6 is 11.3 Å². The summed E-state index contributed by atoms with van der Waals surface area (Å²) >= 11 is 1.36. The highest BCUT2D eigenvalue weighted by molar-refractivity contribution is 7.13. The Morgan fingerprint density at radius 1 is 1.08 bits per heavy atom. The van der Waals surface area contributed by atoms with Crippen LogP contribution in [0.2, 0.25) is 0 Å². The first-order valence-electron chi connectivity index (χ1n) is 7.92. The van der Waals surface area contributed by atoms with E-state index in [1.54, 1.807) is 19.1 Å². The first kappa shape index (κ1) is 18.2. The van der Waals surface area contributed by atoms with Crippen molar-refractivity contribution in [3.05, 3.63) is 45.3 Å². The molecule has 5 heteroatoms. The summed E-state index contributed by atoms with van der Waals surface area (Å²) in [5.41, 5.74) is 2.74. The fourth-order valence-corrected chi connectivity index (χ4v) is 3.76. The summed E-state index contributed by atoms with van der Waals surface area (Å²) in [7, 11) is 0. The molecule has 0 saturated carbocycles. The van der Waals surface area contributed by atoms with Gasteiger partial charge in [0.05, 0.1) is 11.1 Å². The molecule has 0 aliphatic heterocycles. The van der Waals surface area contributed by atoms with E-state index in [2.05, 4.69) is 13.8 Å². The summed E-state index contributed by atoms with van der Waals surface area (Å²) in [5.74, 6) is -1.71. The van der Waals surface area contributed by atoms with Crippen LogP contribution in [-0.4, -0.2) is 22.2 Å². The zero-order valence-corrected chi connectivity index (χ0v) is 15.2. The molecule has 0 saturated heterocycles. The molecule has 2 aromatic rings. The Morgan fingerprint density at radius 2 is 1.71 bits per heavy atom. The molecule has 1 aromatic carbocycles. The second-order valence-corrected chi connectivity index (χ2v) is 7.32. The highest BCUT2D eigenvalue weighted by atomic mass is 32.1. The summed E-state index contributed by atoms with van der Waals surface area (Å²) in [5, 5.41) is 21.4. The molecule has 0 unspecified atom stereocenters. The van der Waals surface area contributed by atoms with Crippen LogP contribution in [-0.2, 0) is 6.42 Å². The van der Waals surface area contributed by atoms with Gasteiger partial charge in [0.25, 0.3) is 0 Å². The van der Waals surface area contributed by atoms with Gasteiger partial charge in [0.15, 0.2) is 0 Å². The number of benzene rings is 1. The Hall–Kier alpha value is -2.14. The number of carbonyl (C=O) groups is 2. The van der Waals surface area contributed by atoms with Crippen molar-refractivity contribution in [2.45, 2.75) is 40.5 Å². The zero-order valence-electron chi connectivity index (χ0n) is 14.3. The lowest BCUT2D eigenvalue weighted by Gasteiger charge is -2.20. The van der Waals surface area contributed by atoms with Gasteiger partial charge in [-0.1, -0.05) is 19.9 Å². The molecule has 128 valence electrons. The van der Waals surface area contributed by atoms with Crippen molar-refractivity contribution in [3.63, 3.8) is 0 Å². The van der Waals surface area contributed by atoms with Crippen molar-refractivity contribution in [1.29, 1.82) is 0 Å². The Bertz CT molecular complexity index is 773. The van der Waals surface area contributed by atoms with E-state index in [1.807, 2.05) is 12.3 Å². The molecule has 2 N–H and O–H groups in total. The Balaban J connectivity index is 2.87. The largest absolute Gasteiger partial charge is 0.478 e. The highest BCUT2D eigenvalue weighted by Gasteiger charge is 2.28. The standard InChI is InChI=1S/C19H22O4S/c1-10(2)7-8-13-11(3)12(4)15(18(20)21)17(16(13)19(22)23)14-6-5-9-24-14/h5-6,9-10H,7-8H2,1-4H3,(H,20,21)(H,22,23). The second-order valence-electron chi connectivity index (χ2n) is 6.37. The van der Waals surface area contributed by atoms with E-state index >= 15 is 0 Å². The van der Waals surface area contributed by atoms with Gasteiger partial charge < -0.3 is 10.2 Å². The monoisotopic (exact) mass is 346 g/mol. The topological polar surface area (TPSA) is 74.6 Å². The van der Waals surface area contributed by atoms with E-state index in [4.69, 9.17) is 0 Å². The lowest BCUT2D eigenvalue weighted by molar-refractivity contribution is 0.0695. The molecule has 0 aliphatic rings. The quantitative estimate of drug-likeness (QED) is 0.770. The minimum absolute atomic E-state index is 0.0978. The minimum Gasteiger partial charge on any atom is -0.478 e. The van der Waals surface area contributed by atoms with Crippen molar-refractivity contribution in [3.8, 4) is 10.4 Å². The van der Waals surface area contributed by atoms with E-state index in [1.165, 1.54) is 11.3 Å². The molecule has 0 spiro atoms. The summed E-state index contributed by atoms with van der Waals surface area (Å²) in [6.07, 6.45) is 1.49. The van der Waals surface area contributed by atoms with Gasteiger partial charge in [0.2, 0.25) is 0 Å². The molecule has 0 bridgehead atoms. The number of thiophene rings is 1. The summed E-state index contributed by atoms with van der Waals surface area (Å²) in [6.45, 7) is 7.77.